The van der Waals surface area contributed by atoms with Gasteiger partial charge >= 0.3 is 11.7 Å². The Morgan fingerprint density at radius 2 is 2.14 bits per heavy atom. The molecule has 0 aliphatic carbocycles. The van der Waals surface area contributed by atoms with Gasteiger partial charge in [-0.25, -0.2) is 0 Å². The molecule has 0 aromatic carbocycles. The summed E-state index contributed by atoms with van der Waals surface area (Å²) in [7, 11) is 1.48. The number of amides is 1. The van der Waals surface area contributed by atoms with Crippen molar-refractivity contribution in [3.05, 3.63) is 22.0 Å². The third kappa shape index (κ3) is 4.55. The first kappa shape index (κ1) is 16.6. The first-order valence-electron chi connectivity index (χ1n) is 6.41. The van der Waals surface area contributed by atoms with Gasteiger partial charge in [-0.1, -0.05) is 13.8 Å². The first-order chi connectivity index (χ1) is 9.72. The lowest BCUT2D eigenvalue weighted by molar-refractivity contribution is -0.385. The molecule has 0 saturated heterocycles. The number of nitrogens with zero attached hydrogens (tertiary/aromatic N) is 4. The van der Waals surface area contributed by atoms with Gasteiger partial charge in [0.2, 0.25) is 5.69 Å². The Labute approximate surface area is 121 Å². The summed E-state index contributed by atoms with van der Waals surface area (Å²) in [5.74, 6) is -1.56. The molecule has 1 N–H and O–H groups in total. The lowest BCUT2D eigenvalue weighted by Gasteiger charge is -2.22. The van der Waals surface area contributed by atoms with E-state index >= 15 is 0 Å². The Morgan fingerprint density at radius 1 is 1.52 bits per heavy atom. The van der Waals surface area contributed by atoms with Gasteiger partial charge in [-0.2, -0.15) is 5.10 Å². The molecular weight excluding hydrogens is 280 g/mol. The molecule has 1 heterocycles. The van der Waals surface area contributed by atoms with Gasteiger partial charge in [0.05, 0.1) is 11.3 Å². The van der Waals surface area contributed by atoms with Crippen molar-refractivity contribution in [2.24, 2.45) is 13.0 Å². The Hall–Kier alpha value is -2.45. The molecule has 0 aliphatic rings. The zero-order chi connectivity index (χ0) is 16.2. The van der Waals surface area contributed by atoms with Crippen LogP contribution in [0, 0.1) is 16.0 Å². The Kier molecular flexibility index (Phi) is 5.39. The Balaban J connectivity index is 3.03. The number of hydrogen-bond donors (Lipinski definition) is 1. The molecule has 1 aromatic rings. The highest BCUT2D eigenvalue weighted by molar-refractivity contribution is 5.96. The number of aliphatic carboxylic acids is 1. The summed E-state index contributed by atoms with van der Waals surface area (Å²) in [6.45, 7) is 4.03. The van der Waals surface area contributed by atoms with Crippen molar-refractivity contribution >= 4 is 17.6 Å². The van der Waals surface area contributed by atoms with Gasteiger partial charge in [0.15, 0.2) is 0 Å². The van der Waals surface area contributed by atoms with Crippen LogP contribution in [0.2, 0.25) is 0 Å². The molecule has 9 nitrogen and oxygen atoms in total. The van der Waals surface area contributed by atoms with Gasteiger partial charge in [0.25, 0.3) is 5.91 Å². The minimum absolute atomic E-state index is 0.0138. The third-order valence-electron chi connectivity index (χ3n) is 2.68. The van der Waals surface area contributed by atoms with E-state index in [4.69, 9.17) is 5.11 Å². The maximum absolute atomic E-state index is 12.4. The molecule has 21 heavy (non-hydrogen) atoms. The number of rotatable bonds is 7. The normalized spacial score (nSPS) is 10.7. The van der Waals surface area contributed by atoms with Crippen LogP contribution in [0.15, 0.2) is 6.20 Å². The number of carbonyl (C=O) groups excluding carboxylic acids is 1. The molecule has 1 rings (SSSR count). The van der Waals surface area contributed by atoms with Crippen LogP contribution in [0.25, 0.3) is 0 Å². The van der Waals surface area contributed by atoms with E-state index in [-0.39, 0.29) is 30.3 Å². The fourth-order valence-electron chi connectivity index (χ4n) is 1.86. The Bertz CT molecular complexity index is 552. The summed E-state index contributed by atoms with van der Waals surface area (Å²) < 4.78 is 1.19. The average Bonchev–Trinajstić information content (AvgIpc) is 2.75. The van der Waals surface area contributed by atoms with E-state index in [1.54, 1.807) is 0 Å². The standard InChI is InChI=1S/C12H18N4O5/c1-8(2)6-15(5-4-10(17)18)12(19)11-9(16(20)21)7-14(3)13-11/h7-8H,4-6H2,1-3H3,(H,17,18). The Morgan fingerprint density at radius 3 is 2.62 bits per heavy atom. The van der Waals surface area contributed by atoms with Crippen molar-refractivity contribution in [1.82, 2.24) is 14.7 Å². The van der Waals surface area contributed by atoms with Crippen molar-refractivity contribution in [1.29, 1.82) is 0 Å². The van der Waals surface area contributed by atoms with Gasteiger partial charge in [0.1, 0.15) is 6.20 Å². The largest absolute Gasteiger partial charge is 0.481 e. The molecule has 0 aliphatic heterocycles. The highest BCUT2D eigenvalue weighted by Gasteiger charge is 2.29. The van der Waals surface area contributed by atoms with E-state index in [0.29, 0.717) is 6.54 Å². The summed E-state index contributed by atoms with van der Waals surface area (Å²) in [5.41, 5.74) is -0.653. The summed E-state index contributed by atoms with van der Waals surface area (Å²) in [4.78, 5) is 34.6. The van der Waals surface area contributed by atoms with E-state index in [1.807, 2.05) is 13.8 Å². The summed E-state index contributed by atoms with van der Waals surface area (Å²) in [6.07, 6.45) is 0.928. The molecule has 116 valence electrons. The van der Waals surface area contributed by atoms with Crippen LogP contribution in [0.3, 0.4) is 0 Å². The molecule has 0 atom stereocenters. The predicted octanol–water partition coefficient (Wildman–Crippen LogP) is 0.901. The second kappa shape index (κ2) is 6.82. The van der Waals surface area contributed by atoms with Gasteiger partial charge in [-0.3, -0.25) is 24.4 Å². The number of aromatic nitrogens is 2. The zero-order valence-corrected chi connectivity index (χ0v) is 12.1. The molecule has 0 saturated carbocycles. The lowest BCUT2D eigenvalue weighted by Crippen LogP contribution is -2.36. The molecule has 0 unspecified atom stereocenters. The van der Waals surface area contributed by atoms with E-state index in [1.165, 1.54) is 16.6 Å². The van der Waals surface area contributed by atoms with E-state index in [0.717, 1.165) is 6.20 Å². The highest BCUT2D eigenvalue weighted by atomic mass is 16.6. The fourth-order valence-corrected chi connectivity index (χ4v) is 1.86. The van der Waals surface area contributed by atoms with Crippen LogP contribution in [-0.4, -0.2) is 49.7 Å². The molecule has 0 radical (unpaired) electrons. The zero-order valence-electron chi connectivity index (χ0n) is 12.1. The topological polar surface area (TPSA) is 119 Å². The van der Waals surface area contributed by atoms with E-state index in [9.17, 15) is 19.7 Å². The van der Waals surface area contributed by atoms with Crippen LogP contribution < -0.4 is 0 Å². The quantitative estimate of drug-likeness (QED) is 0.590. The monoisotopic (exact) mass is 298 g/mol. The minimum atomic E-state index is -1.04. The molecule has 0 bridgehead atoms. The second-order valence-corrected chi connectivity index (χ2v) is 5.08. The maximum Gasteiger partial charge on any atom is 0.320 e. The van der Waals surface area contributed by atoms with Gasteiger partial charge in [-0.05, 0) is 5.92 Å². The summed E-state index contributed by atoms with van der Waals surface area (Å²) in [5, 5.41) is 23.5. The average molecular weight is 298 g/mol. The van der Waals surface area contributed by atoms with Crippen molar-refractivity contribution in [3.63, 3.8) is 0 Å². The van der Waals surface area contributed by atoms with Crippen molar-refractivity contribution in [2.75, 3.05) is 13.1 Å². The smallest absolute Gasteiger partial charge is 0.320 e. The third-order valence-corrected chi connectivity index (χ3v) is 2.68. The molecule has 1 amide bonds. The van der Waals surface area contributed by atoms with Gasteiger partial charge in [-0.15, -0.1) is 0 Å². The summed E-state index contributed by atoms with van der Waals surface area (Å²) >= 11 is 0. The number of aryl methyl sites for hydroxylation is 1. The minimum Gasteiger partial charge on any atom is -0.481 e. The van der Waals surface area contributed by atoms with Gasteiger partial charge < -0.3 is 10.0 Å². The molecular formula is C12H18N4O5. The molecule has 9 heteroatoms. The van der Waals surface area contributed by atoms with Crippen molar-refractivity contribution in [3.8, 4) is 0 Å². The van der Waals surface area contributed by atoms with E-state index < -0.39 is 16.8 Å². The molecule has 0 spiro atoms. The summed E-state index contributed by atoms with van der Waals surface area (Å²) in [6, 6.07) is 0. The number of carbonyl (C=O) groups is 2. The van der Waals surface area contributed by atoms with Crippen LogP contribution in [-0.2, 0) is 11.8 Å². The van der Waals surface area contributed by atoms with Crippen LogP contribution in [0.1, 0.15) is 30.8 Å². The SMILES string of the molecule is CC(C)CN(CCC(=O)O)C(=O)c1nn(C)cc1[N+](=O)[O-]. The van der Waals surface area contributed by atoms with Crippen molar-refractivity contribution in [2.45, 2.75) is 20.3 Å². The lowest BCUT2D eigenvalue weighted by atomic mass is 10.2. The van der Waals surface area contributed by atoms with Crippen molar-refractivity contribution < 1.29 is 19.6 Å². The fraction of sp³-hybridized carbons (Fsp3) is 0.583. The van der Waals surface area contributed by atoms with Crippen LogP contribution >= 0.6 is 0 Å². The first-order valence-corrected chi connectivity index (χ1v) is 6.41. The predicted molar refractivity (Wildman–Crippen MR) is 72.9 cm³/mol. The van der Waals surface area contributed by atoms with Gasteiger partial charge in [0, 0.05) is 20.1 Å². The number of carboxylic acid groups (broad SMARTS) is 1. The van der Waals surface area contributed by atoms with E-state index in [2.05, 4.69) is 5.10 Å². The molecule has 0 fully saturated rings. The highest BCUT2D eigenvalue weighted by Crippen LogP contribution is 2.18. The number of carboxylic acids is 1. The maximum atomic E-state index is 12.4. The second-order valence-electron chi connectivity index (χ2n) is 5.08. The van der Waals surface area contributed by atoms with Crippen LogP contribution in [0.4, 0.5) is 5.69 Å². The number of hydrogen-bond acceptors (Lipinski definition) is 5. The number of nitro groups is 1. The molecule has 1 aromatic heterocycles. The van der Waals surface area contributed by atoms with Crippen LogP contribution in [0.5, 0.6) is 0 Å².